The van der Waals surface area contributed by atoms with E-state index >= 15 is 0 Å². The quantitative estimate of drug-likeness (QED) is 0.538. The van der Waals surface area contributed by atoms with Gasteiger partial charge in [0.1, 0.15) is 0 Å². The molecular formula is C17H13N3O2. The molecule has 0 atom stereocenters. The van der Waals surface area contributed by atoms with Gasteiger partial charge in [-0.1, -0.05) is 6.92 Å². The second kappa shape index (κ2) is 4.59. The Hall–Kier alpha value is -2.82. The average molecular weight is 291 g/mol. The highest BCUT2D eigenvalue weighted by Crippen LogP contribution is 2.29. The number of nitrogens with zero attached hydrogens (tertiary/aromatic N) is 3. The molecule has 0 radical (unpaired) electrons. The summed E-state index contributed by atoms with van der Waals surface area (Å²) in [5.41, 5.74) is 2.51. The number of aromatic nitrogens is 2. The van der Waals surface area contributed by atoms with Gasteiger partial charge in [-0.05, 0) is 41.5 Å². The van der Waals surface area contributed by atoms with Crippen LogP contribution in [0.3, 0.4) is 0 Å². The number of hydrogen-bond acceptors (Lipinski definition) is 4. The molecule has 5 nitrogen and oxygen atoms in total. The fourth-order valence-corrected chi connectivity index (χ4v) is 2.92. The number of carbonyl (C=O) groups is 2. The standard InChI is InChI=1S/C17H13N3O2/c1-2-5-20-16(21)12-6-10-8-14-15(19-4-3-18-14)9-11(10)7-13(12)17(20)22/h3-4,6-9H,2,5H2,1H3. The van der Waals surface area contributed by atoms with E-state index in [9.17, 15) is 9.59 Å². The van der Waals surface area contributed by atoms with Gasteiger partial charge in [0.05, 0.1) is 22.2 Å². The maximum absolute atomic E-state index is 12.4. The van der Waals surface area contributed by atoms with E-state index in [-0.39, 0.29) is 11.8 Å². The van der Waals surface area contributed by atoms with Crippen molar-refractivity contribution in [3.8, 4) is 0 Å². The molecule has 1 aliphatic heterocycles. The normalized spacial score (nSPS) is 14.1. The zero-order chi connectivity index (χ0) is 15.3. The average Bonchev–Trinajstić information content (AvgIpc) is 2.76. The lowest BCUT2D eigenvalue weighted by Gasteiger charge is -2.11. The Morgan fingerprint density at radius 2 is 1.36 bits per heavy atom. The largest absolute Gasteiger partial charge is 0.274 e. The molecule has 1 aliphatic rings. The molecule has 0 aliphatic carbocycles. The summed E-state index contributed by atoms with van der Waals surface area (Å²) in [6, 6.07) is 7.37. The number of carbonyl (C=O) groups excluding carboxylic acids is 2. The molecule has 22 heavy (non-hydrogen) atoms. The van der Waals surface area contributed by atoms with Crippen LogP contribution in [0.15, 0.2) is 36.7 Å². The summed E-state index contributed by atoms with van der Waals surface area (Å²) in [4.78, 5) is 34.6. The van der Waals surface area contributed by atoms with Gasteiger partial charge >= 0.3 is 0 Å². The molecule has 0 unspecified atom stereocenters. The number of amides is 2. The molecule has 2 heterocycles. The summed E-state index contributed by atoms with van der Waals surface area (Å²) >= 11 is 0. The van der Waals surface area contributed by atoms with Crippen LogP contribution in [-0.4, -0.2) is 33.2 Å². The minimum absolute atomic E-state index is 0.206. The van der Waals surface area contributed by atoms with Crippen molar-refractivity contribution in [2.24, 2.45) is 0 Å². The smallest absolute Gasteiger partial charge is 0.261 e. The van der Waals surface area contributed by atoms with Gasteiger partial charge in [0.15, 0.2) is 0 Å². The third-order valence-electron chi connectivity index (χ3n) is 3.96. The van der Waals surface area contributed by atoms with E-state index < -0.39 is 0 Å². The molecule has 3 aromatic rings. The Bertz CT molecular complexity index is 875. The minimum atomic E-state index is -0.206. The molecule has 0 N–H and O–H groups in total. The Morgan fingerprint density at radius 3 is 1.82 bits per heavy atom. The van der Waals surface area contributed by atoms with Crippen molar-refractivity contribution in [1.29, 1.82) is 0 Å². The molecule has 4 rings (SSSR count). The van der Waals surface area contributed by atoms with Crippen molar-refractivity contribution in [1.82, 2.24) is 14.9 Å². The first kappa shape index (κ1) is 12.9. The van der Waals surface area contributed by atoms with Crippen LogP contribution in [0.5, 0.6) is 0 Å². The Labute approximate surface area is 126 Å². The minimum Gasteiger partial charge on any atom is -0.274 e. The van der Waals surface area contributed by atoms with Gasteiger partial charge in [-0.3, -0.25) is 24.5 Å². The Kier molecular flexibility index (Phi) is 2.69. The maximum atomic E-state index is 12.4. The number of imide groups is 1. The van der Waals surface area contributed by atoms with Crippen molar-refractivity contribution in [2.75, 3.05) is 6.54 Å². The summed E-state index contributed by atoms with van der Waals surface area (Å²) in [6.45, 7) is 2.40. The molecule has 108 valence electrons. The number of hydrogen-bond donors (Lipinski definition) is 0. The lowest BCUT2D eigenvalue weighted by atomic mass is 10.0. The third-order valence-corrected chi connectivity index (χ3v) is 3.96. The first-order valence-corrected chi connectivity index (χ1v) is 7.24. The van der Waals surface area contributed by atoms with Crippen molar-refractivity contribution >= 4 is 33.6 Å². The van der Waals surface area contributed by atoms with Crippen LogP contribution in [0.2, 0.25) is 0 Å². The molecule has 0 bridgehead atoms. The highest BCUT2D eigenvalue weighted by Gasteiger charge is 2.35. The molecule has 5 heteroatoms. The number of rotatable bonds is 2. The summed E-state index contributed by atoms with van der Waals surface area (Å²) in [5.74, 6) is -0.411. The van der Waals surface area contributed by atoms with Crippen LogP contribution >= 0.6 is 0 Å². The SMILES string of the molecule is CCCN1C(=O)c2cc3cc4nccnc4cc3cc2C1=O. The molecule has 0 spiro atoms. The van der Waals surface area contributed by atoms with Crippen molar-refractivity contribution < 1.29 is 9.59 Å². The van der Waals surface area contributed by atoms with Crippen LogP contribution in [-0.2, 0) is 0 Å². The predicted molar refractivity (Wildman–Crippen MR) is 82.7 cm³/mol. The molecule has 0 fully saturated rings. The third kappa shape index (κ3) is 1.72. The molecule has 0 saturated carbocycles. The Balaban J connectivity index is 1.97. The van der Waals surface area contributed by atoms with E-state index in [1.165, 1.54) is 4.90 Å². The monoisotopic (exact) mass is 291 g/mol. The maximum Gasteiger partial charge on any atom is 0.261 e. The topological polar surface area (TPSA) is 63.2 Å². The summed E-state index contributed by atoms with van der Waals surface area (Å²) in [7, 11) is 0. The first-order chi connectivity index (χ1) is 10.7. The second-order valence-electron chi connectivity index (χ2n) is 5.40. The second-order valence-corrected chi connectivity index (χ2v) is 5.40. The van der Waals surface area contributed by atoms with Gasteiger partial charge < -0.3 is 0 Å². The van der Waals surface area contributed by atoms with E-state index in [0.29, 0.717) is 17.7 Å². The number of benzene rings is 2. The molecule has 2 aromatic carbocycles. The summed E-state index contributed by atoms with van der Waals surface area (Å²) in [6.07, 6.45) is 4.03. The van der Waals surface area contributed by atoms with E-state index in [0.717, 1.165) is 28.2 Å². The van der Waals surface area contributed by atoms with Crippen molar-refractivity contribution in [3.05, 3.63) is 47.8 Å². The van der Waals surface area contributed by atoms with Crippen LogP contribution in [0, 0.1) is 0 Å². The zero-order valence-corrected chi connectivity index (χ0v) is 12.0. The molecule has 1 aromatic heterocycles. The molecular weight excluding hydrogens is 278 g/mol. The first-order valence-electron chi connectivity index (χ1n) is 7.24. The van der Waals surface area contributed by atoms with E-state index in [2.05, 4.69) is 9.97 Å². The van der Waals surface area contributed by atoms with Gasteiger partial charge in [-0.15, -0.1) is 0 Å². The van der Waals surface area contributed by atoms with E-state index in [4.69, 9.17) is 0 Å². The lowest BCUT2D eigenvalue weighted by molar-refractivity contribution is 0.0654. The van der Waals surface area contributed by atoms with Gasteiger partial charge in [0.25, 0.3) is 11.8 Å². The lowest BCUT2D eigenvalue weighted by Crippen LogP contribution is -2.30. The van der Waals surface area contributed by atoms with Crippen LogP contribution in [0.25, 0.3) is 21.8 Å². The zero-order valence-electron chi connectivity index (χ0n) is 12.0. The predicted octanol–water partition coefficient (Wildman–Crippen LogP) is 2.79. The highest BCUT2D eigenvalue weighted by molar-refractivity contribution is 6.23. The van der Waals surface area contributed by atoms with E-state index in [1.54, 1.807) is 24.5 Å². The van der Waals surface area contributed by atoms with Gasteiger partial charge in [0, 0.05) is 18.9 Å². The molecule has 2 amide bonds. The molecule has 0 saturated heterocycles. The van der Waals surface area contributed by atoms with Crippen LogP contribution in [0.4, 0.5) is 0 Å². The van der Waals surface area contributed by atoms with Crippen molar-refractivity contribution in [2.45, 2.75) is 13.3 Å². The van der Waals surface area contributed by atoms with Gasteiger partial charge in [-0.25, -0.2) is 0 Å². The van der Waals surface area contributed by atoms with E-state index in [1.807, 2.05) is 19.1 Å². The fraction of sp³-hybridized carbons (Fsp3) is 0.176. The number of fused-ring (bicyclic) bond motifs is 3. The van der Waals surface area contributed by atoms with Crippen LogP contribution in [0.1, 0.15) is 34.1 Å². The highest BCUT2D eigenvalue weighted by atomic mass is 16.2. The van der Waals surface area contributed by atoms with Gasteiger partial charge in [-0.2, -0.15) is 0 Å². The fourth-order valence-electron chi connectivity index (χ4n) is 2.92. The summed E-state index contributed by atoms with van der Waals surface area (Å²) in [5, 5.41) is 1.79. The Morgan fingerprint density at radius 1 is 0.864 bits per heavy atom. The summed E-state index contributed by atoms with van der Waals surface area (Å²) < 4.78 is 0. The van der Waals surface area contributed by atoms with Gasteiger partial charge in [0.2, 0.25) is 0 Å². The van der Waals surface area contributed by atoms with Crippen LogP contribution < -0.4 is 0 Å². The van der Waals surface area contributed by atoms with Crippen molar-refractivity contribution in [3.63, 3.8) is 0 Å².